The minimum absolute atomic E-state index is 0.962. The lowest BCUT2D eigenvalue weighted by Gasteiger charge is -1.75. The second-order valence-corrected chi connectivity index (χ2v) is 0.667. The van der Waals surface area contributed by atoms with E-state index in [2.05, 4.69) is 10.8 Å². The lowest BCUT2D eigenvalue weighted by Crippen LogP contribution is -1.91. The molecular weight excluding hydrogens is 98.0 g/mol. The first-order valence-electron chi connectivity index (χ1n) is 1.50. The van der Waals surface area contributed by atoms with Gasteiger partial charge in [-0.3, -0.25) is 0 Å². The number of rotatable bonds is 1. The monoisotopic (exact) mass is 101 g/mol. The number of hydrogen-bond acceptors (Lipinski definition) is 3. The Morgan fingerprint density at radius 3 is 2.57 bits per heavy atom. The Hall–Kier alpha value is -1.24. The van der Waals surface area contributed by atoms with Gasteiger partial charge in [-0.05, 0) is 6.92 Å². The van der Waals surface area contributed by atoms with Crippen LogP contribution in [0.15, 0.2) is 0 Å². The van der Waals surface area contributed by atoms with Gasteiger partial charge in [0.25, 0.3) is 0 Å². The second-order valence-electron chi connectivity index (χ2n) is 0.667. The normalized spacial score (nSPS) is 5.86. The minimum atomic E-state index is -0.962. The lowest BCUT2D eigenvalue weighted by molar-refractivity contribution is -0.731. The van der Waals surface area contributed by atoms with E-state index in [1.807, 2.05) is 0 Å². The summed E-state index contributed by atoms with van der Waals surface area (Å²) in [5.74, 6) is 2.19. The SMILES string of the molecule is CC#CO[N+](=O)[O-]. The van der Waals surface area contributed by atoms with E-state index in [4.69, 9.17) is 0 Å². The van der Waals surface area contributed by atoms with E-state index in [0.29, 0.717) is 0 Å². The summed E-state index contributed by atoms with van der Waals surface area (Å²) in [5, 5.41) is 8.28. The maximum Gasteiger partial charge on any atom is 0.308 e. The smallest absolute Gasteiger partial charge is 0.223 e. The van der Waals surface area contributed by atoms with Gasteiger partial charge in [0.1, 0.15) is 0 Å². The molecule has 0 bridgehead atoms. The summed E-state index contributed by atoms with van der Waals surface area (Å²) in [6, 6.07) is 0. The maximum absolute atomic E-state index is 9.24. The molecule has 0 aliphatic rings. The van der Waals surface area contributed by atoms with Crippen LogP contribution in [0, 0.1) is 22.1 Å². The highest BCUT2D eigenvalue weighted by Crippen LogP contribution is 1.65. The molecule has 0 N–H and O–H groups in total. The molecule has 0 aromatic carbocycles. The van der Waals surface area contributed by atoms with E-state index in [1.165, 1.54) is 6.92 Å². The van der Waals surface area contributed by atoms with E-state index in [1.54, 1.807) is 6.11 Å². The summed E-state index contributed by atoms with van der Waals surface area (Å²) in [5.41, 5.74) is 0. The standard InChI is InChI=1S/C3H3NO3/c1-2-3-7-4(5)6/h1H3. The van der Waals surface area contributed by atoms with Crippen LogP contribution in [0.1, 0.15) is 6.92 Å². The van der Waals surface area contributed by atoms with Gasteiger partial charge < -0.3 is 0 Å². The summed E-state index contributed by atoms with van der Waals surface area (Å²) in [4.78, 5) is 12.8. The quantitative estimate of drug-likeness (QED) is 0.269. The molecule has 0 aromatic rings. The van der Waals surface area contributed by atoms with Crippen molar-refractivity contribution in [2.24, 2.45) is 0 Å². The highest BCUT2D eigenvalue weighted by molar-refractivity contribution is 4.83. The molecule has 0 amide bonds. The van der Waals surface area contributed by atoms with Gasteiger partial charge in [-0.1, -0.05) is 5.92 Å². The zero-order chi connectivity index (χ0) is 5.70. The Kier molecular flexibility index (Phi) is 2.44. The van der Waals surface area contributed by atoms with E-state index >= 15 is 0 Å². The van der Waals surface area contributed by atoms with Crippen molar-refractivity contribution in [1.82, 2.24) is 0 Å². The first-order valence-corrected chi connectivity index (χ1v) is 1.50. The van der Waals surface area contributed by atoms with Gasteiger partial charge in [-0.15, -0.1) is 10.1 Å². The summed E-state index contributed by atoms with van der Waals surface area (Å²) in [6.07, 6.45) is 1.80. The predicted octanol–water partition coefficient (Wildman–Crippen LogP) is 0.175. The molecule has 0 saturated carbocycles. The molecule has 4 nitrogen and oxygen atoms in total. The summed E-state index contributed by atoms with van der Waals surface area (Å²) >= 11 is 0. The molecule has 0 spiro atoms. The van der Waals surface area contributed by atoms with Crippen LogP contribution < -0.4 is 0 Å². The number of hydrogen-bond donors (Lipinski definition) is 0. The highest BCUT2D eigenvalue weighted by atomic mass is 16.9. The fourth-order valence-electron chi connectivity index (χ4n) is 0.0829. The highest BCUT2D eigenvalue weighted by Gasteiger charge is 1.82. The molecule has 0 rings (SSSR count). The summed E-state index contributed by atoms with van der Waals surface area (Å²) in [7, 11) is 0. The third-order valence-corrected chi connectivity index (χ3v) is 0.222. The maximum atomic E-state index is 9.24. The summed E-state index contributed by atoms with van der Waals surface area (Å²) in [6.45, 7) is 1.45. The molecule has 0 radical (unpaired) electrons. The third kappa shape index (κ3) is 4.76. The minimum Gasteiger partial charge on any atom is -0.223 e. The number of nitrogens with zero attached hydrogens (tertiary/aromatic N) is 1. The topological polar surface area (TPSA) is 52.4 Å². The third-order valence-electron chi connectivity index (χ3n) is 0.222. The molecule has 4 heteroatoms. The average Bonchev–Trinajstić information content (AvgIpc) is 1.61. The molecule has 0 unspecified atom stereocenters. The lowest BCUT2D eigenvalue weighted by atomic mass is 10.8. The van der Waals surface area contributed by atoms with Crippen molar-refractivity contribution in [3.05, 3.63) is 10.1 Å². The molecule has 0 fully saturated rings. The largest absolute Gasteiger partial charge is 0.308 e. The predicted molar refractivity (Wildman–Crippen MR) is 21.5 cm³/mol. The van der Waals surface area contributed by atoms with E-state index in [9.17, 15) is 10.1 Å². The van der Waals surface area contributed by atoms with Gasteiger partial charge >= 0.3 is 5.09 Å². The molecule has 0 saturated heterocycles. The second kappa shape index (κ2) is 2.97. The van der Waals surface area contributed by atoms with Crippen molar-refractivity contribution in [2.75, 3.05) is 0 Å². The molecular formula is C3H3NO3. The van der Waals surface area contributed by atoms with Crippen LogP contribution in [-0.4, -0.2) is 5.09 Å². The van der Waals surface area contributed by atoms with Crippen molar-refractivity contribution >= 4 is 0 Å². The Balaban J connectivity index is 3.26. The molecule has 7 heavy (non-hydrogen) atoms. The van der Waals surface area contributed by atoms with Crippen molar-refractivity contribution < 1.29 is 9.92 Å². The first-order chi connectivity index (χ1) is 3.27. The van der Waals surface area contributed by atoms with Crippen molar-refractivity contribution in [3.8, 4) is 12.0 Å². The van der Waals surface area contributed by atoms with Gasteiger partial charge in [0.2, 0.25) is 0 Å². The Bertz CT molecular complexity index is 120. The van der Waals surface area contributed by atoms with Crippen LogP contribution in [0.4, 0.5) is 0 Å². The van der Waals surface area contributed by atoms with Gasteiger partial charge in [-0.25, -0.2) is 4.84 Å². The van der Waals surface area contributed by atoms with Crippen LogP contribution in [0.2, 0.25) is 0 Å². The fraction of sp³-hybridized carbons (Fsp3) is 0.333. The first kappa shape index (κ1) is 5.76. The van der Waals surface area contributed by atoms with Crippen molar-refractivity contribution in [1.29, 1.82) is 0 Å². The Labute approximate surface area is 40.2 Å². The van der Waals surface area contributed by atoms with Crippen LogP contribution >= 0.6 is 0 Å². The molecule has 0 atom stereocenters. The molecule has 38 valence electrons. The summed E-state index contributed by atoms with van der Waals surface area (Å²) < 4.78 is 0. The van der Waals surface area contributed by atoms with Gasteiger partial charge in [0.05, 0.1) is 6.11 Å². The Morgan fingerprint density at radius 2 is 2.43 bits per heavy atom. The zero-order valence-corrected chi connectivity index (χ0v) is 3.67. The molecule has 0 heterocycles. The zero-order valence-electron chi connectivity index (χ0n) is 3.67. The van der Waals surface area contributed by atoms with Crippen LogP contribution in [0.3, 0.4) is 0 Å². The van der Waals surface area contributed by atoms with Crippen molar-refractivity contribution in [2.45, 2.75) is 6.92 Å². The van der Waals surface area contributed by atoms with Gasteiger partial charge in [0.15, 0.2) is 0 Å². The Morgan fingerprint density at radius 1 is 1.86 bits per heavy atom. The molecule has 0 aromatic heterocycles. The van der Waals surface area contributed by atoms with E-state index in [-0.39, 0.29) is 0 Å². The van der Waals surface area contributed by atoms with Crippen LogP contribution in [-0.2, 0) is 4.84 Å². The fourth-order valence-corrected chi connectivity index (χ4v) is 0.0829. The molecule has 0 aliphatic heterocycles. The van der Waals surface area contributed by atoms with Gasteiger partial charge in [0, 0.05) is 0 Å². The van der Waals surface area contributed by atoms with Crippen LogP contribution in [0.25, 0.3) is 0 Å². The van der Waals surface area contributed by atoms with E-state index in [0.717, 1.165) is 0 Å². The van der Waals surface area contributed by atoms with Gasteiger partial charge in [-0.2, -0.15) is 0 Å². The van der Waals surface area contributed by atoms with E-state index < -0.39 is 5.09 Å². The average molecular weight is 101 g/mol. The van der Waals surface area contributed by atoms with Crippen LogP contribution in [0.5, 0.6) is 0 Å². The van der Waals surface area contributed by atoms with Crippen molar-refractivity contribution in [3.63, 3.8) is 0 Å². The molecule has 0 aliphatic carbocycles.